The molecule has 1 heterocycles. The van der Waals surface area contributed by atoms with Gasteiger partial charge >= 0.3 is 0 Å². The molecule has 1 aromatic heterocycles. The molecule has 2 N–H and O–H groups in total. The van der Waals surface area contributed by atoms with Crippen molar-refractivity contribution in [1.29, 1.82) is 0 Å². The molecule has 2 unspecified atom stereocenters. The maximum atomic E-state index is 5.81. The zero-order valence-electron chi connectivity index (χ0n) is 11.5. The van der Waals surface area contributed by atoms with Gasteiger partial charge in [0.2, 0.25) is 11.7 Å². The summed E-state index contributed by atoms with van der Waals surface area (Å²) in [6, 6.07) is 0. The monoisotopic (exact) mass is 253 g/mol. The Morgan fingerprint density at radius 3 is 2.72 bits per heavy atom. The van der Waals surface area contributed by atoms with Crippen molar-refractivity contribution in [1.82, 2.24) is 10.1 Å². The highest BCUT2D eigenvalue weighted by Gasteiger charge is 2.38. The van der Waals surface area contributed by atoms with Gasteiger partial charge in [0, 0.05) is 13.2 Å². The normalized spacial score (nSPS) is 20.7. The molecule has 0 bridgehead atoms. The predicted molar refractivity (Wildman–Crippen MR) is 68.1 cm³/mol. The number of aromatic nitrogens is 2. The van der Waals surface area contributed by atoms with Crippen LogP contribution in [0, 0.1) is 5.92 Å². The van der Waals surface area contributed by atoms with Crippen LogP contribution in [-0.4, -0.2) is 23.3 Å². The number of ether oxygens (including phenoxy) is 1. The quantitative estimate of drug-likeness (QED) is 0.806. The van der Waals surface area contributed by atoms with Gasteiger partial charge in [-0.2, -0.15) is 4.98 Å². The van der Waals surface area contributed by atoms with E-state index in [1.807, 2.05) is 6.92 Å². The summed E-state index contributed by atoms with van der Waals surface area (Å²) in [6.45, 7) is 7.31. The average molecular weight is 253 g/mol. The van der Waals surface area contributed by atoms with Crippen molar-refractivity contribution < 1.29 is 9.26 Å². The maximum absolute atomic E-state index is 5.81. The summed E-state index contributed by atoms with van der Waals surface area (Å²) in [5.41, 5.74) is 5.58. The molecule has 5 nitrogen and oxygen atoms in total. The Labute approximate surface area is 108 Å². The summed E-state index contributed by atoms with van der Waals surface area (Å²) in [7, 11) is 0. The van der Waals surface area contributed by atoms with Crippen LogP contribution >= 0.6 is 0 Å². The minimum Gasteiger partial charge on any atom is -0.370 e. The van der Waals surface area contributed by atoms with Gasteiger partial charge in [-0.3, -0.25) is 0 Å². The summed E-state index contributed by atoms with van der Waals surface area (Å²) in [4.78, 5) is 4.52. The number of nitrogens with two attached hydrogens (primary N) is 1. The summed E-state index contributed by atoms with van der Waals surface area (Å²) in [6.07, 6.45) is 3.26. The minimum atomic E-state index is -0.231. The molecule has 1 aliphatic rings. The lowest BCUT2D eigenvalue weighted by Gasteiger charge is -2.20. The molecule has 0 aromatic carbocycles. The van der Waals surface area contributed by atoms with Crippen LogP contribution in [0.15, 0.2) is 4.52 Å². The minimum absolute atomic E-state index is 0.00798. The first-order valence-corrected chi connectivity index (χ1v) is 6.80. The highest BCUT2D eigenvalue weighted by atomic mass is 16.5. The summed E-state index contributed by atoms with van der Waals surface area (Å²) in [5.74, 6) is 1.87. The molecule has 5 heteroatoms. The molecule has 0 saturated heterocycles. The molecule has 0 amide bonds. The van der Waals surface area contributed by atoms with E-state index in [1.54, 1.807) is 0 Å². The van der Waals surface area contributed by atoms with Crippen LogP contribution in [0.2, 0.25) is 0 Å². The highest BCUT2D eigenvalue weighted by molar-refractivity contribution is 5.06. The van der Waals surface area contributed by atoms with Crippen LogP contribution in [0.5, 0.6) is 0 Å². The van der Waals surface area contributed by atoms with Gasteiger partial charge in [0.1, 0.15) is 6.10 Å². The van der Waals surface area contributed by atoms with Gasteiger partial charge in [-0.1, -0.05) is 12.1 Å². The van der Waals surface area contributed by atoms with E-state index in [1.165, 1.54) is 12.8 Å². The van der Waals surface area contributed by atoms with Crippen LogP contribution in [0.3, 0.4) is 0 Å². The Kier molecular flexibility index (Phi) is 4.02. The zero-order chi connectivity index (χ0) is 13.2. The Morgan fingerprint density at radius 2 is 2.22 bits per heavy atom. The van der Waals surface area contributed by atoms with Crippen LogP contribution in [0.4, 0.5) is 0 Å². The van der Waals surface area contributed by atoms with Crippen LogP contribution in [-0.2, 0) is 10.2 Å². The third kappa shape index (κ3) is 2.57. The Balaban J connectivity index is 2.18. The van der Waals surface area contributed by atoms with Crippen molar-refractivity contribution in [3.05, 3.63) is 11.7 Å². The SMILES string of the molecule is CCOC(c1noc(C(C)(CC)CN)n1)C1CC1. The molecule has 1 fully saturated rings. The molecule has 1 aromatic rings. The predicted octanol–water partition coefficient (Wildman–Crippen LogP) is 2.18. The molecule has 0 spiro atoms. The lowest BCUT2D eigenvalue weighted by molar-refractivity contribution is 0.0384. The number of hydrogen-bond donors (Lipinski definition) is 1. The summed E-state index contributed by atoms with van der Waals surface area (Å²) < 4.78 is 11.1. The largest absolute Gasteiger partial charge is 0.370 e. The molecule has 2 atom stereocenters. The van der Waals surface area contributed by atoms with Gasteiger partial charge in [0.25, 0.3) is 0 Å². The fourth-order valence-electron chi connectivity index (χ4n) is 1.98. The van der Waals surface area contributed by atoms with Gasteiger partial charge in [-0.05, 0) is 39.0 Å². The second-order valence-electron chi connectivity index (χ2n) is 5.29. The smallest absolute Gasteiger partial charge is 0.233 e. The number of rotatable bonds is 7. The van der Waals surface area contributed by atoms with E-state index < -0.39 is 0 Å². The Hall–Kier alpha value is -0.940. The van der Waals surface area contributed by atoms with Gasteiger partial charge in [-0.25, -0.2) is 0 Å². The Morgan fingerprint density at radius 1 is 1.50 bits per heavy atom. The lowest BCUT2D eigenvalue weighted by Crippen LogP contribution is -2.31. The fourth-order valence-corrected chi connectivity index (χ4v) is 1.98. The van der Waals surface area contributed by atoms with E-state index in [4.69, 9.17) is 15.0 Å². The molecule has 0 aliphatic heterocycles. The van der Waals surface area contributed by atoms with E-state index in [0.29, 0.717) is 30.8 Å². The van der Waals surface area contributed by atoms with Gasteiger partial charge < -0.3 is 15.0 Å². The number of hydrogen-bond acceptors (Lipinski definition) is 5. The van der Waals surface area contributed by atoms with Crippen molar-refractivity contribution in [3.8, 4) is 0 Å². The molecule has 0 radical (unpaired) electrons. The lowest BCUT2D eigenvalue weighted by atomic mass is 9.88. The van der Waals surface area contributed by atoms with E-state index in [0.717, 1.165) is 6.42 Å². The van der Waals surface area contributed by atoms with Crippen LogP contribution < -0.4 is 5.73 Å². The molecule has 1 aliphatic carbocycles. The fraction of sp³-hybridized carbons (Fsp3) is 0.846. The van der Waals surface area contributed by atoms with Gasteiger partial charge in [0.05, 0.1) is 5.41 Å². The van der Waals surface area contributed by atoms with E-state index in [9.17, 15) is 0 Å². The van der Waals surface area contributed by atoms with Crippen LogP contribution in [0.25, 0.3) is 0 Å². The second-order valence-corrected chi connectivity index (χ2v) is 5.29. The summed E-state index contributed by atoms with van der Waals surface area (Å²) >= 11 is 0. The molecule has 102 valence electrons. The van der Waals surface area contributed by atoms with Gasteiger partial charge in [0.15, 0.2) is 0 Å². The standard InChI is InChI=1S/C13H23N3O2/c1-4-13(3,8-14)12-15-11(16-18-12)10(17-5-2)9-6-7-9/h9-10H,4-8,14H2,1-3H3. The van der Waals surface area contributed by atoms with Crippen molar-refractivity contribution in [3.63, 3.8) is 0 Å². The molecular formula is C13H23N3O2. The molecular weight excluding hydrogens is 230 g/mol. The highest BCUT2D eigenvalue weighted by Crippen LogP contribution is 2.42. The Bertz CT molecular complexity index is 383. The second kappa shape index (κ2) is 5.36. The van der Waals surface area contributed by atoms with Gasteiger partial charge in [-0.15, -0.1) is 0 Å². The third-order valence-corrected chi connectivity index (χ3v) is 3.84. The van der Waals surface area contributed by atoms with Crippen molar-refractivity contribution >= 4 is 0 Å². The molecule has 18 heavy (non-hydrogen) atoms. The van der Waals surface area contributed by atoms with Crippen molar-refractivity contribution in [2.24, 2.45) is 11.7 Å². The third-order valence-electron chi connectivity index (χ3n) is 3.84. The summed E-state index contributed by atoms with van der Waals surface area (Å²) in [5, 5.41) is 4.09. The zero-order valence-corrected chi connectivity index (χ0v) is 11.5. The number of nitrogens with zero attached hydrogens (tertiary/aromatic N) is 2. The molecule has 2 rings (SSSR count). The van der Waals surface area contributed by atoms with E-state index in [2.05, 4.69) is 24.0 Å². The van der Waals surface area contributed by atoms with Crippen molar-refractivity contribution in [2.45, 2.75) is 51.6 Å². The van der Waals surface area contributed by atoms with Crippen molar-refractivity contribution in [2.75, 3.05) is 13.2 Å². The first-order valence-electron chi connectivity index (χ1n) is 6.80. The topological polar surface area (TPSA) is 74.2 Å². The van der Waals surface area contributed by atoms with E-state index in [-0.39, 0.29) is 11.5 Å². The maximum Gasteiger partial charge on any atom is 0.233 e. The van der Waals surface area contributed by atoms with Crippen LogP contribution in [0.1, 0.15) is 57.9 Å². The molecule has 1 saturated carbocycles. The average Bonchev–Trinajstić information content (AvgIpc) is 3.11. The first kappa shape index (κ1) is 13.5. The van der Waals surface area contributed by atoms with E-state index >= 15 is 0 Å². The first-order chi connectivity index (χ1) is 8.64.